The fraction of sp³-hybridized carbons (Fsp3) is 0. The number of H-pyrrole nitrogens is 1. The van der Waals surface area contributed by atoms with Crippen LogP contribution in [0.1, 0.15) is 5.56 Å². The molecule has 1 aromatic carbocycles. The van der Waals surface area contributed by atoms with Crippen LogP contribution in [0.15, 0.2) is 46.6 Å². The zero-order valence-corrected chi connectivity index (χ0v) is 7.29. The molecule has 2 aromatic rings. The van der Waals surface area contributed by atoms with Crippen molar-refractivity contribution in [3.63, 3.8) is 0 Å². The van der Waals surface area contributed by atoms with E-state index in [-0.39, 0.29) is 5.69 Å². The van der Waals surface area contributed by atoms with Crippen molar-refractivity contribution in [1.29, 1.82) is 0 Å². The second-order valence-electron chi connectivity index (χ2n) is 2.66. The second kappa shape index (κ2) is 3.69. The highest BCUT2D eigenvalue weighted by atomic mass is 16.2. The van der Waals surface area contributed by atoms with Crippen LogP contribution in [-0.4, -0.2) is 21.1 Å². The second-order valence-corrected chi connectivity index (χ2v) is 2.66. The highest BCUT2D eigenvalue weighted by Crippen LogP contribution is 1.93. The first-order valence-electron chi connectivity index (χ1n) is 4.08. The lowest BCUT2D eigenvalue weighted by molar-refractivity contribution is 0.834. The Hall–Kier alpha value is -2.17. The zero-order valence-electron chi connectivity index (χ0n) is 7.29. The molecule has 0 unspecified atom stereocenters. The maximum absolute atomic E-state index is 11.0. The van der Waals surface area contributed by atoms with Crippen molar-refractivity contribution in [3.05, 3.63) is 52.7 Å². The highest BCUT2D eigenvalue weighted by Gasteiger charge is 1.91. The Morgan fingerprint density at radius 1 is 1.36 bits per heavy atom. The summed E-state index contributed by atoms with van der Waals surface area (Å²) in [4.78, 5) is 11.0. The molecule has 0 spiro atoms. The summed E-state index contributed by atoms with van der Waals surface area (Å²) in [5, 5.41) is 9.72. The molecular weight excluding hydrogens is 180 g/mol. The molecule has 0 atom stereocenters. The summed E-state index contributed by atoms with van der Waals surface area (Å²) in [5.41, 5.74) is 0.581. The van der Waals surface area contributed by atoms with E-state index < -0.39 is 0 Å². The van der Waals surface area contributed by atoms with E-state index in [0.717, 1.165) is 10.2 Å². The molecule has 1 aromatic heterocycles. The third-order valence-electron chi connectivity index (χ3n) is 1.67. The summed E-state index contributed by atoms with van der Waals surface area (Å²) >= 11 is 0. The summed E-state index contributed by atoms with van der Waals surface area (Å²) in [7, 11) is 0. The molecule has 0 aliphatic heterocycles. The lowest BCUT2D eigenvalue weighted by Gasteiger charge is -1.90. The Bertz CT molecular complexity index is 483. The summed E-state index contributed by atoms with van der Waals surface area (Å²) in [6.45, 7) is 0. The molecule has 2 rings (SSSR count). The molecule has 5 nitrogen and oxygen atoms in total. The molecule has 0 aliphatic carbocycles. The lowest BCUT2D eigenvalue weighted by Crippen LogP contribution is -2.11. The van der Waals surface area contributed by atoms with Gasteiger partial charge in [-0.3, -0.25) is 0 Å². The molecule has 1 N–H and O–H groups in total. The van der Waals surface area contributed by atoms with Crippen LogP contribution in [0.2, 0.25) is 0 Å². The molecule has 0 bridgehead atoms. The average molecular weight is 188 g/mol. The molecule has 14 heavy (non-hydrogen) atoms. The number of hydrogen-bond acceptors (Lipinski definition) is 3. The van der Waals surface area contributed by atoms with Crippen LogP contribution in [0.4, 0.5) is 0 Å². The molecule has 0 aliphatic rings. The molecule has 0 amide bonds. The topological polar surface area (TPSA) is 63.0 Å². The first-order chi connectivity index (χ1) is 6.86. The van der Waals surface area contributed by atoms with E-state index in [1.54, 1.807) is 6.21 Å². The smallest absolute Gasteiger partial charge is 0.244 e. The summed E-state index contributed by atoms with van der Waals surface area (Å²) in [5.74, 6) is 0. The van der Waals surface area contributed by atoms with E-state index in [1.165, 1.54) is 6.33 Å². The third kappa shape index (κ3) is 1.77. The molecule has 5 heteroatoms. The minimum Gasteiger partial charge on any atom is -0.244 e. The van der Waals surface area contributed by atoms with Gasteiger partial charge in [-0.2, -0.15) is 14.9 Å². The Labute approximate surface area is 79.7 Å². The monoisotopic (exact) mass is 188 g/mol. The van der Waals surface area contributed by atoms with Gasteiger partial charge in [0.05, 0.1) is 6.21 Å². The molecule has 1 heterocycles. The van der Waals surface area contributed by atoms with Crippen LogP contribution in [-0.2, 0) is 0 Å². The van der Waals surface area contributed by atoms with Gasteiger partial charge in [-0.25, -0.2) is 9.89 Å². The van der Waals surface area contributed by atoms with Gasteiger partial charge in [-0.05, 0) is 5.56 Å². The summed E-state index contributed by atoms with van der Waals surface area (Å²) in [6.07, 6.45) is 2.92. The Balaban J connectivity index is 2.24. The van der Waals surface area contributed by atoms with Crippen molar-refractivity contribution in [2.45, 2.75) is 0 Å². The fourth-order valence-electron chi connectivity index (χ4n) is 0.993. The van der Waals surface area contributed by atoms with Crippen molar-refractivity contribution < 1.29 is 0 Å². The first-order valence-corrected chi connectivity index (χ1v) is 4.08. The van der Waals surface area contributed by atoms with Crippen LogP contribution in [0, 0.1) is 0 Å². The predicted octanol–water partition coefficient (Wildman–Crippen LogP) is 0.454. The Morgan fingerprint density at radius 2 is 2.14 bits per heavy atom. The van der Waals surface area contributed by atoms with Crippen LogP contribution >= 0.6 is 0 Å². The van der Waals surface area contributed by atoms with Gasteiger partial charge < -0.3 is 0 Å². The van der Waals surface area contributed by atoms with Gasteiger partial charge in [0.15, 0.2) is 0 Å². The number of hydrogen-bond donors (Lipinski definition) is 1. The van der Waals surface area contributed by atoms with E-state index in [0.29, 0.717) is 0 Å². The molecule has 0 fully saturated rings. The summed E-state index contributed by atoms with van der Waals surface area (Å²) in [6, 6.07) is 9.52. The molecule has 0 radical (unpaired) electrons. The third-order valence-corrected chi connectivity index (χ3v) is 1.67. The number of benzene rings is 1. The van der Waals surface area contributed by atoms with Gasteiger partial charge in [-0.1, -0.05) is 30.3 Å². The van der Waals surface area contributed by atoms with Gasteiger partial charge >= 0.3 is 5.69 Å². The van der Waals surface area contributed by atoms with E-state index in [1.807, 2.05) is 30.3 Å². The predicted molar refractivity (Wildman–Crippen MR) is 52.3 cm³/mol. The normalized spacial score (nSPS) is 10.9. The standard InChI is InChI=1S/C9H8N4O/c14-9-12-10-7-13(9)11-6-8-4-2-1-3-5-8/h1-7H,(H,12,14). The number of rotatable bonds is 2. The molecule has 70 valence electrons. The number of nitrogens with zero attached hydrogens (tertiary/aromatic N) is 3. The maximum Gasteiger partial charge on any atom is 0.363 e. The van der Waals surface area contributed by atoms with Crippen molar-refractivity contribution in [3.8, 4) is 0 Å². The van der Waals surface area contributed by atoms with Crippen LogP contribution in [0.3, 0.4) is 0 Å². The van der Waals surface area contributed by atoms with E-state index in [4.69, 9.17) is 0 Å². The van der Waals surface area contributed by atoms with E-state index in [2.05, 4.69) is 15.3 Å². The van der Waals surface area contributed by atoms with Gasteiger partial charge in [-0.15, -0.1) is 0 Å². The lowest BCUT2D eigenvalue weighted by atomic mass is 10.2. The van der Waals surface area contributed by atoms with Gasteiger partial charge in [0.25, 0.3) is 0 Å². The van der Waals surface area contributed by atoms with Gasteiger partial charge in [0, 0.05) is 0 Å². The maximum atomic E-state index is 11.0. The van der Waals surface area contributed by atoms with Crippen molar-refractivity contribution in [1.82, 2.24) is 14.9 Å². The van der Waals surface area contributed by atoms with Gasteiger partial charge in [0.2, 0.25) is 0 Å². The average Bonchev–Trinajstić information content (AvgIpc) is 2.63. The SMILES string of the molecule is O=c1[nH]ncn1N=Cc1ccccc1. The van der Waals surface area contributed by atoms with Gasteiger partial charge in [0.1, 0.15) is 6.33 Å². The zero-order chi connectivity index (χ0) is 9.80. The Kier molecular flexibility index (Phi) is 2.22. The minimum atomic E-state index is -0.350. The van der Waals surface area contributed by atoms with Crippen LogP contribution in [0.25, 0.3) is 0 Å². The highest BCUT2D eigenvalue weighted by molar-refractivity contribution is 5.79. The minimum absolute atomic E-state index is 0.350. The van der Waals surface area contributed by atoms with E-state index in [9.17, 15) is 4.79 Å². The Morgan fingerprint density at radius 3 is 2.79 bits per heavy atom. The largest absolute Gasteiger partial charge is 0.363 e. The van der Waals surface area contributed by atoms with Crippen LogP contribution < -0.4 is 5.69 Å². The molecular formula is C9H8N4O. The fourth-order valence-corrected chi connectivity index (χ4v) is 0.993. The number of aromatic amines is 1. The molecule has 0 saturated carbocycles. The van der Waals surface area contributed by atoms with Crippen molar-refractivity contribution >= 4 is 6.21 Å². The number of nitrogens with one attached hydrogen (secondary N) is 1. The first kappa shape index (κ1) is 8.43. The van der Waals surface area contributed by atoms with Crippen LogP contribution in [0.5, 0.6) is 0 Å². The van der Waals surface area contributed by atoms with E-state index >= 15 is 0 Å². The quantitative estimate of drug-likeness (QED) is 0.695. The van der Waals surface area contributed by atoms with Crippen molar-refractivity contribution in [2.24, 2.45) is 5.10 Å². The number of aromatic nitrogens is 3. The van der Waals surface area contributed by atoms with Crippen molar-refractivity contribution in [2.75, 3.05) is 0 Å². The molecule has 0 saturated heterocycles. The summed E-state index contributed by atoms with van der Waals surface area (Å²) < 4.78 is 1.13.